The van der Waals surface area contributed by atoms with Crippen molar-refractivity contribution < 1.29 is 25.6 Å². The molecule has 0 spiro atoms. The van der Waals surface area contributed by atoms with E-state index in [4.69, 9.17) is 9.97 Å². The highest BCUT2D eigenvalue weighted by Gasteiger charge is 2.29. The molecule has 0 bridgehead atoms. The number of anilines is 2. The van der Waals surface area contributed by atoms with Gasteiger partial charge in [0.25, 0.3) is 0 Å². The molecule has 300 valence electrons. The molecular weight excluding hydrogens is 731 g/mol. The van der Waals surface area contributed by atoms with Gasteiger partial charge in [0, 0.05) is 23.9 Å². The van der Waals surface area contributed by atoms with Gasteiger partial charge in [0.2, 0.25) is 20.0 Å². The summed E-state index contributed by atoms with van der Waals surface area (Å²) in [7, 11) is -6.64. The average Bonchev–Trinajstić information content (AvgIpc) is 3.64. The molecule has 2 aliphatic carbocycles. The zero-order valence-electron chi connectivity index (χ0n) is 33.3. The van der Waals surface area contributed by atoms with Crippen molar-refractivity contribution in [2.24, 2.45) is 11.8 Å². The summed E-state index contributed by atoms with van der Waals surface area (Å²) < 4.78 is 84.1. The summed E-state index contributed by atoms with van der Waals surface area (Å²) >= 11 is 0. The van der Waals surface area contributed by atoms with Crippen LogP contribution in [0, 0.1) is 11.8 Å². The fourth-order valence-electron chi connectivity index (χ4n) is 7.53. The molecule has 2 fully saturated rings. The Labute approximate surface area is 321 Å². The van der Waals surface area contributed by atoms with Crippen LogP contribution in [0.3, 0.4) is 0 Å². The molecule has 2 aromatic heterocycles. The van der Waals surface area contributed by atoms with E-state index in [9.17, 15) is 25.6 Å². The first-order valence-electron chi connectivity index (χ1n) is 19.5. The maximum atomic E-state index is 13.5. The minimum absolute atomic E-state index is 0.0317. The summed E-state index contributed by atoms with van der Waals surface area (Å²) in [6.07, 6.45) is 4.87. The Bertz CT molecular complexity index is 1970. The summed E-state index contributed by atoms with van der Waals surface area (Å²) in [4.78, 5) is 9.67. The fraction of sp³-hybridized carbons (Fsp3) is 0.650. The molecule has 2 saturated carbocycles. The zero-order chi connectivity index (χ0) is 39.6. The molecule has 0 radical (unpaired) electrons. The minimum atomic E-state index is -3.32. The van der Waals surface area contributed by atoms with E-state index in [0.717, 1.165) is 72.5 Å². The van der Waals surface area contributed by atoms with E-state index in [0.29, 0.717) is 48.9 Å². The summed E-state index contributed by atoms with van der Waals surface area (Å²) in [5, 5.41) is 0. The third-order valence-electron chi connectivity index (χ3n) is 10.6. The van der Waals surface area contributed by atoms with Crippen molar-refractivity contribution in [3.63, 3.8) is 0 Å². The lowest BCUT2D eigenvalue weighted by Crippen LogP contribution is -2.24. The molecule has 0 aliphatic heterocycles. The van der Waals surface area contributed by atoms with Gasteiger partial charge in [0.05, 0.1) is 44.9 Å². The van der Waals surface area contributed by atoms with E-state index < -0.39 is 32.4 Å². The lowest BCUT2D eigenvalue weighted by atomic mass is 9.87. The van der Waals surface area contributed by atoms with Crippen LogP contribution in [0.1, 0.15) is 118 Å². The Morgan fingerprint density at radius 1 is 0.611 bits per heavy atom. The van der Waals surface area contributed by atoms with Crippen LogP contribution in [0.25, 0.3) is 22.1 Å². The molecule has 0 amide bonds. The van der Waals surface area contributed by atoms with Crippen LogP contribution < -0.4 is 9.44 Å². The van der Waals surface area contributed by atoms with E-state index in [2.05, 4.69) is 60.1 Å². The number of sulfonamides is 2. The van der Waals surface area contributed by atoms with Crippen LogP contribution in [0.5, 0.6) is 0 Å². The molecular formula is C40H60F2N6O4S2. The molecule has 0 unspecified atom stereocenters. The number of rotatable bonds is 10. The van der Waals surface area contributed by atoms with Gasteiger partial charge in [-0.2, -0.15) is 0 Å². The fourth-order valence-corrected chi connectivity index (χ4v) is 8.79. The molecule has 2 aliphatic rings. The number of hydrogen-bond acceptors (Lipinski definition) is 6. The number of aromatic nitrogens is 4. The van der Waals surface area contributed by atoms with Crippen LogP contribution >= 0.6 is 0 Å². The van der Waals surface area contributed by atoms with Gasteiger partial charge in [-0.3, -0.25) is 9.44 Å². The van der Waals surface area contributed by atoms with Gasteiger partial charge >= 0.3 is 0 Å². The number of fused-ring (bicyclic) bond motifs is 2. The molecule has 2 aromatic carbocycles. The summed E-state index contributed by atoms with van der Waals surface area (Å²) in [6, 6.07) is 11.1. The lowest BCUT2D eigenvalue weighted by Gasteiger charge is -2.27. The third-order valence-corrected chi connectivity index (χ3v) is 13.2. The van der Waals surface area contributed by atoms with Crippen LogP contribution in [-0.2, 0) is 44.0 Å². The first kappa shape index (κ1) is 41.9. The average molecular weight is 791 g/mol. The molecule has 0 saturated heterocycles. The highest BCUT2D eigenvalue weighted by Crippen LogP contribution is 2.35. The van der Waals surface area contributed by atoms with E-state index >= 15 is 0 Å². The molecule has 4 aromatic rings. The Morgan fingerprint density at radius 3 is 1.24 bits per heavy atom. The molecule has 2 N–H and O–H groups in total. The molecule has 54 heavy (non-hydrogen) atoms. The molecule has 10 nitrogen and oxygen atoms in total. The van der Waals surface area contributed by atoms with E-state index in [1.807, 2.05) is 12.1 Å². The quantitative estimate of drug-likeness (QED) is 0.165. The van der Waals surface area contributed by atoms with Gasteiger partial charge in [-0.15, -0.1) is 0 Å². The maximum absolute atomic E-state index is 13.5. The van der Waals surface area contributed by atoms with Crippen LogP contribution in [0.2, 0.25) is 0 Å². The van der Waals surface area contributed by atoms with Crippen LogP contribution in [0.15, 0.2) is 36.4 Å². The van der Waals surface area contributed by atoms with Gasteiger partial charge in [-0.1, -0.05) is 41.5 Å². The largest absolute Gasteiger partial charge is 0.327 e. The topological polar surface area (TPSA) is 128 Å². The van der Waals surface area contributed by atoms with Gasteiger partial charge < -0.3 is 9.13 Å². The third kappa shape index (κ3) is 10.5. The van der Waals surface area contributed by atoms with Crippen molar-refractivity contribution in [2.45, 2.75) is 143 Å². The second-order valence-electron chi connectivity index (χ2n) is 17.2. The molecule has 0 atom stereocenters. The first-order chi connectivity index (χ1) is 25.2. The second-order valence-corrected chi connectivity index (χ2v) is 21.3. The smallest absolute Gasteiger partial charge is 0.232 e. The van der Waals surface area contributed by atoms with Gasteiger partial charge in [0.15, 0.2) is 0 Å². The maximum Gasteiger partial charge on any atom is 0.232 e. The highest BCUT2D eigenvalue weighted by molar-refractivity contribution is 7.92. The number of nitrogens with one attached hydrogen (secondary N) is 2. The highest BCUT2D eigenvalue weighted by atomic mass is 32.2. The lowest BCUT2D eigenvalue weighted by molar-refractivity contribution is 0.194. The standard InChI is InChI=1S/2C20H30FN3O2S/c2*1-5-27(25,26)23-16-10-11-18-17(12-16)22-19(20(2,3)4)24(18)13-14-6-8-15(21)9-7-14/h2*10-12,14-15,23H,5-9,13H2,1-4H3. The number of benzene rings is 2. The molecule has 6 rings (SSSR count). The summed E-state index contributed by atoms with van der Waals surface area (Å²) in [5.41, 5.74) is 4.37. The normalized spacial score (nSPS) is 21.5. The predicted octanol–water partition coefficient (Wildman–Crippen LogP) is 9.25. The number of nitrogens with zero attached hydrogens (tertiary/aromatic N) is 4. The molecule has 2 heterocycles. The Balaban J connectivity index is 0.000000208. The van der Waals surface area contributed by atoms with Crippen molar-refractivity contribution >= 4 is 53.5 Å². The molecule has 14 heteroatoms. The van der Waals surface area contributed by atoms with Crippen LogP contribution in [-0.4, -0.2) is 59.8 Å². The number of halogens is 2. The van der Waals surface area contributed by atoms with Crippen molar-refractivity contribution in [3.05, 3.63) is 48.0 Å². The van der Waals surface area contributed by atoms with Gasteiger partial charge in [0.1, 0.15) is 24.0 Å². The Kier molecular flexibility index (Phi) is 12.8. The van der Waals surface area contributed by atoms with Crippen molar-refractivity contribution in [3.8, 4) is 0 Å². The zero-order valence-corrected chi connectivity index (χ0v) is 34.9. The van der Waals surface area contributed by atoms with E-state index in [-0.39, 0.29) is 22.3 Å². The van der Waals surface area contributed by atoms with Crippen molar-refractivity contribution in [1.29, 1.82) is 0 Å². The monoisotopic (exact) mass is 790 g/mol. The van der Waals surface area contributed by atoms with Crippen LogP contribution in [0.4, 0.5) is 20.2 Å². The summed E-state index contributed by atoms with van der Waals surface area (Å²) in [5.74, 6) is 2.93. The minimum Gasteiger partial charge on any atom is -0.327 e. The first-order valence-corrected chi connectivity index (χ1v) is 22.8. The Morgan fingerprint density at radius 2 is 0.944 bits per heavy atom. The van der Waals surface area contributed by atoms with Gasteiger partial charge in [-0.25, -0.2) is 35.6 Å². The predicted molar refractivity (Wildman–Crippen MR) is 217 cm³/mol. The SMILES string of the molecule is CCS(=O)(=O)Nc1ccc2c(c1)nc(C(C)(C)C)n2CC1CCC(F)CC1.CCS(=O)(=O)Nc1ccc2c(c1)nc(C(C)(C)C)n2CC1CCC(F)CC1. The number of imidazole rings is 2. The Hall–Kier alpha value is -3.26. The second kappa shape index (κ2) is 16.5. The van der Waals surface area contributed by atoms with E-state index in [1.54, 1.807) is 38.1 Å². The van der Waals surface area contributed by atoms with Crippen molar-refractivity contribution in [1.82, 2.24) is 19.1 Å². The van der Waals surface area contributed by atoms with Gasteiger partial charge in [-0.05, 0) is 113 Å². The van der Waals surface area contributed by atoms with E-state index in [1.165, 1.54) is 0 Å². The summed E-state index contributed by atoms with van der Waals surface area (Å²) in [6.45, 7) is 17.7. The van der Waals surface area contributed by atoms with Crippen molar-refractivity contribution in [2.75, 3.05) is 20.9 Å². The number of hydrogen-bond donors (Lipinski definition) is 2. The number of alkyl halides is 2.